The van der Waals surface area contributed by atoms with Gasteiger partial charge in [0.2, 0.25) is 0 Å². The van der Waals surface area contributed by atoms with Crippen LogP contribution in [-0.4, -0.2) is 19.0 Å². The molecular formula is C9H12N2O2. The Labute approximate surface area is 77.7 Å². The predicted octanol–water partition coefficient (Wildman–Crippen LogP) is 1.34. The highest BCUT2D eigenvalue weighted by molar-refractivity contribution is 4.84. The minimum absolute atomic E-state index is 0.408. The number of hydrogen-bond donors (Lipinski definition) is 0. The maximum Gasteiger partial charge on any atom is 0.170 e. The van der Waals surface area contributed by atoms with Crippen LogP contribution in [0.15, 0.2) is 0 Å². The normalized spacial score (nSPS) is 19.2. The molecule has 0 amide bonds. The van der Waals surface area contributed by atoms with Gasteiger partial charge in [-0.3, -0.25) is 0 Å². The van der Waals surface area contributed by atoms with Crippen molar-refractivity contribution < 1.29 is 9.47 Å². The molecule has 1 aliphatic heterocycles. The summed E-state index contributed by atoms with van der Waals surface area (Å²) in [6.07, 6.45) is 1.94. The standard InChI is InChI=1S/C9H12N2O2/c10-5-1-3-9(4-2-6-11)12-7-8-13-9/h1-4,7-8H2. The number of nitrogens with zero attached hydrogens (tertiary/aromatic N) is 2. The lowest BCUT2D eigenvalue weighted by Crippen LogP contribution is -2.29. The molecule has 0 radical (unpaired) electrons. The van der Waals surface area contributed by atoms with Crippen molar-refractivity contribution in [3.63, 3.8) is 0 Å². The average Bonchev–Trinajstić information content (AvgIpc) is 2.61. The van der Waals surface area contributed by atoms with Gasteiger partial charge in [0.25, 0.3) is 0 Å². The zero-order chi connectivity index (χ0) is 9.57. The van der Waals surface area contributed by atoms with Gasteiger partial charge in [-0.15, -0.1) is 0 Å². The molecule has 13 heavy (non-hydrogen) atoms. The lowest BCUT2D eigenvalue weighted by atomic mass is 10.1. The van der Waals surface area contributed by atoms with E-state index in [0.29, 0.717) is 38.9 Å². The van der Waals surface area contributed by atoms with Crippen LogP contribution < -0.4 is 0 Å². The predicted molar refractivity (Wildman–Crippen MR) is 44.3 cm³/mol. The molecule has 1 saturated heterocycles. The maximum atomic E-state index is 8.44. The highest BCUT2D eigenvalue weighted by Crippen LogP contribution is 2.29. The first-order valence-corrected chi connectivity index (χ1v) is 4.35. The van der Waals surface area contributed by atoms with Gasteiger partial charge in [0.1, 0.15) is 0 Å². The second-order valence-electron chi connectivity index (χ2n) is 2.92. The van der Waals surface area contributed by atoms with Crippen LogP contribution in [0.25, 0.3) is 0 Å². The van der Waals surface area contributed by atoms with Gasteiger partial charge >= 0.3 is 0 Å². The van der Waals surface area contributed by atoms with Gasteiger partial charge in [-0.05, 0) is 0 Å². The third-order valence-electron chi connectivity index (χ3n) is 2.05. The Kier molecular flexibility index (Phi) is 3.70. The molecule has 1 rings (SSSR count). The summed E-state index contributed by atoms with van der Waals surface area (Å²) in [6, 6.07) is 4.11. The van der Waals surface area contributed by atoms with E-state index in [0.717, 1.165) is 0 Å². The van der Waals surface area contributed by atoms with Crippen molar-refractivity contribution in [2.75, 3.05) is 13.2 Å². The van der Waals surface area contributed by atoms with E-state index in [9.17, 15) is 0 Å². The van der Waals surface area contributed by atoms with Crippen LogP contribution in [0.3, 0.4) is 0 Å². The number of ether oxygens (including phenoxy) is 2. The minimum atomic E-state index is -0.647. The summed E-state index contributed by atoms with van der Waals surface area (Å²) in [4.78, 5) is 0. The maximum absolute atomic E-state index is 8.44. The number of nitriles is 2. The van der Waals surface area contributed by atoms with Crippen molar-refractivity contribution in [1.29, 1.82) is 10.5 Å². The molecule has 4 nitrogen and oxygen atoms in total. The molecule has 0 aliphatic carbocycles. The molecule has 1 heterocycles. The Morgan fingerprint density at radius 2 is 1.46 bits per heavy atom. The van der Waals surface area contributed by atoms with Crippen LogP contribution in [0.5, 0.6) is 0 Å². The summed E-state index contributed by atoms with van der Waals surface area (Å²) in [6.45, 7) is 1.13. The Balaban J connectivity index is 2.44. The summed E-state index contributed by atoms with van der Waals surface area (Å²) in [7, 11) is 0. The fourth-order valence-corrected chi connectivity index (χ4v) is 1.40. The quantitative estimate of drug-likeness (QED) is 0.654. The molecule has 70 valence electrons. The van der Waals surface area contributed by atoms with Crippen LogP contribution >= 0.6 is 0 Å². The zero-order valence-corrected chi connectivity index (χ0v) is 7.45. The van der Waals surface area contributed by atoms with Crippen molar-refractivity contribution in [3.8, 4) is 12.1 Å². The summed E-state index contributed by atoms with van der Waals surface area (Å²) >= 11 is 0. The minimum Gasteiger partial charge on any atom is -0.347 e. The van der Waals surface area contributed by atoms with Crippen molar-refractivity contribution >= 4 is 0 Å². The van der Waals surface area contributed by atoms with Crippen LogP contribution in [0.2, 0.25) is 0 Å². The first-order chi connectivity index (χ1) is 6.33. The zero-order valence-electron chi connectivity index (χ0n) is 7.45. The molecule has 0 spiro atoms. The van der Waals surface area contributed by atoms with Gasteiger partial charge in [0.15, 0.2) is 5.79 Å². The van der Waals surface area contributed by atoms with E-state index in [1.165, 1.54) is 0 Å². The Hall–Kier alpha value is -1.10. The molecule has 0 unspecified atom stereocenters. The Morgan fingerprint density at radius 3 is 1.85 bits per heavy atom. The molecule has 0 saturated carbocycles. The largest absolute Gasteiger partial charge is 0.347 e. The van der Waals surface area contributed by atoms with E-state index in [1.54, 1.807) is 0 Å². The van der Waals surface area contributed by atoms with E-state index in [4.69, 9.17) is 20.0 Å². The van der Waals surface area contributed by atoms with Crippen molar-refractivity contribution in [2.24, 2.45) is 0 Å². The number of hydrogen-bond acceptors (Lipinski definition) is 4. The van der Waals surface area contributed by atoms with Crippen molar-refractivity contribution in [1.82, 2.24) is 0 Å². The van der Waals surface area contributed by atoms with Crippen molar-refractivity contribution in [2.45, 2.75) is 31.5 Å². The molecule has 0 aromatic rings. The first-order valence-electron chi connectivity index (χ1n) is 4.35. The SMILES string of the molecule is N#CCCC1(CCC#N)OCCO1. The average molecular weight is 180 g/mol. The molecule has 0 atom stereocenters. The van der Waals surface area contributed by atoms with E-state index in [2.05, 4.69) is 12.1 Å². The monoisotopic (exact) mass is 180 g/mol. The summed E-state index contributed by atoms with van der Waals surface area (Å²) in [5, 5.41) is 16.9. The van der Waals surface area contributed by atoms with Gasteiger partial charge in [-0.1, -0.05) is 0 Å². The molecule has 4 heteroatoms. The third kappa shape index (κ3) is 2.69. The Bertz CT molecular complexity index is 213. The van der Waals surface area contributed by atoms with Gasteiger partial charge in [-0.2, -0.15) is 10.5 Å². The second-order valence-corrected chi connectivity index (χ2v) is 2.92. The summed E-state index contributed by atoms with van der Waals surface area (Å²) in [5.41, 5.74) is 0. The van der Waals surface area contributed by atoms with Crippen LogP contribution in [0, 0.1) is 22.7 Å². The van der Waals surface area contributed by atoms with E-state index in [-0.39, 0.29) is 0 Å². The molecule has 0 N–H and O–H groups in total. The fourth-order valence-electron chi connectivity index (χ4n) is 1.40. The summed E-state index contributed by atoms with van der Waals surface area (Å²) in [5.74, 6) is -0.647. The van der Waals surface area contributed by atoms with Crippen molar-refractivity contribution in [3.05, 3.63) is 0 Å². The topological polar surface area (TPSA) is 66.0 Å². The molecule has 1 aliphatic rings. The molecule has 0 aromatic carbocycles. The Morgan fingerprint density at radius 1 is 1.00 bits per heavy atom. The molecule has 0 bridgehead atoms. The van der Waals surface area contributed by atoms with Crippen LogP contribution in [0.1, 0.15) is 25.7 Å². The highest BCUT2D eigenvalue weighted by atomic mass is 16.7. The fraction of sp³-hybridized carbons (Fsp3) is 0.778. The lowest BCUT2D eigenvalue weighted by molar-refractivity contribution is -0.164. The van der Waals surface area contributed by atoms with E-state index >= 15 is 0 Å². The van der Waals surface area contributed by atoms with Crippen LogP contribution in [0.4, 0.5) is 0 Å². The smallest absolute Gasteiger partial charge is 0.170 e. The first kappa shape index (κ1) is 9.98. The highest BCUT2D eigenvalue weighted by Gasteiger charge is 2.35. The third-order valence-corrected chi connectivity index (χ3v) is 2.05. The summed E-state index contributed by atoms with van der Waals surface area (Å²) < 4.78 is 10.8. The van der Waals surface area contributed by atoms with Gasteiger partial charge in [0.05, 0.1) is 25.4 Å². The van der Waals surface area contributed by atoms with E-state index < -0.39 is 5.79 Å². The van der Waals surface area contributed by atoms with E-state index in [1.807, 2.05) is 0 Å². The van der Waals surface area contributed by atoms with Gasteiger partial charge < -0.3 is 9.47 Å². The second kappa shape index (κ2) is 4.81. The molecule has 0 aromatic heterocycles. The van der Waals surface area contributed by atoms with Crippen LogP contribution in [-0.2, 0) is 9.47 Å². The number of rotatable bonds is 4. The molecule has 1 fully saturated rings. The molecular weight excluding hydrogens is 168 g/mol. The van der Waals surface area contributed by atoms with Gasteiger partial charge in [-0.25, -0.2) is 0 Å². The lowest BCUT2D eigenvalue weighted by Gasteiger charge is -2.25. The van der Waals surface area contributed by atoms with Gasteiger partial charge in [0, 0.05) is 25.7 Å².